The van der Waals surface area contributed by atoms with E-state index in [9.17, 15) is 9.90 Å². The Morgan fingerprint density at radius 2 is 1.97 bits per heavy atom. The topological polar surface area (TPSA) is 101 Å². The Bertz CT molecular complexity index is 1000. The van der Waals surface area contributed by atoms with Gasteiger partial charge < -0.3 is 24.5 Å². The highest BCUT2D eigenvalue weighted by Crippen LogP contribution is 2.25. The molecule has 2 atom stereocenters. The molecule has 2 aromatic heterocycles. The van der Waals surface area contributed by atoms with Gasteiger partial charge in [0.1, 0.15) is 30.2 Å². The Morgan fingerprint density at radius 1 is 1.22 bits per heavy atom. The molecule has 1 unspecified atom stereocenters. The average Bonchev–Trinajstić information content (AvgIpc) is 3.29. The van der Waals surface area contributed by atoms with E-state index in [4.69, 9.17) is 9.15 Å². The Labute approximate surface area is 188 Å². The number of rotatable bonds is 10. The lowest BCUT2D eigenvalue weighted by atomic mass is 10.1. The molecule has 0 bridgehead atoms. The standard InChI is InChI=1S/C24H30N4O4/c1-16-5-6-19(13-26-16)22(29)14-25-11-12-31-20-9-7-18(8-10-20)21-15-32-23(27-21)17(2)24(30)28(3)4/h5-10,13,15,17,22,25,29H,11-12,14H2,1-4H3/t17?,22-/m1/s1. The first-order chi connectivity index (χ1) is 15.3. The van der Waals surface area contributed by atoms with Gasteiger partial charge in [-0.1, -0.05) is 6.07 Å². The highest BCUT2D eigenvalue weighted by atomic mass is 16.5. The van der Waals surface area contributed by atoms with Crippen LogP contribution in [0.4, 0.5) is 0 Å². The number of pyridine rings is 1. The maximum atomic E-state index is 12.1. The third kappa shape index (κ3) is 6.15. The first-order valence-corrected chi connectivity index (χ1v) is 10.6. The Hall–Kier alpha value is -3.23. The summed E-state index contributed by atoms with van der Waals surface area (Å²) in [4.78, 5) is 22.3. The fourth-order valence-electron chi connectivity index (χ4n) is 3.11. The summed E-state index contributed by atoms with van der Waals surface area (Å²) in [5.74, 6) is 0.640. The first-order valence-electron chi connectivity index (χ1n) is 10.6. The van der Waals surface area contributed by atoms with Crippen molar-refractivity contribution in [3.8, 4) is 17.0 Å². The minimum atomic E-state index is -0.606. The molecule has 2 heterocycles. The normalized spacial score (nSPS) is 12.9. The van der Waals surface area contributed by atoms with E-state index in [-0.39, 0.29) is 5.91 Å². The predicted molar refractivity (Wildman–Crippen MR) is 121 cm³/mol. The summed E-state index contributed by atoms with van der Waals surface area (Å²) >= 11 is 0. The van der Waals surface area contributed by atoms with Gasteiger partial charge in [-0.05, 0) is 44.2 Å². The predicted octanol–water partition coefficient (Wildman–Crippen LogP) is 2.94. The number of nitrogens with one attached hydrogen (secondary N) is 1. The van der Waals surface area contributed by atoms with Crippen LogP contribution in [0.3, 0.4) is 0 Å². The van der Waals surface area contributed by atoms with E-state index in [1.165, 1.54) is 4.90 Å². The van der Waals surface area contributed by atoms with Crippen molar-refractivity contribution in [2.45, 2.75) is 25.9 Å². The van der Waals surface area contributed by atoms with Crippen LogP contribution < -0.4 is 10.1 Å². The van der Waals surface area contributed by atoms with Gasteiger partial charge in [0.25, 0.3) is 0 Å². The molecule has 2 N–H and O–H groups in total. The fraction of sp³-hybridized carbons (Fsp3) is 0.375. The van der Waals surface area contributed by atoms with Crippen molar-refractivity contribution < 1.29 is 19.1 Å². The van der Waals surface area contributed by atoms with Crippen LogP contribution in [0.2, 0.25) is 0 Å². The van der Waals surface area contributed by atoms with Gasteiger partial charge >= 0.3 is 0 Å². The van der Waals surface area contributed by atoms with Gasteiger partial charge in [0.2, 0.25) is 11.8 Å². The van der Waals surface area contributed by atoms with Crippen LogP contribution in [-0.4, -0.2) is 59.7 Å². The minimum absolute atomic E-state index is 0.0567. The molecule has 0 spiro atoms. The van der Waals surface area contributed by atoms with Crippen LogP contribution in [0.5, 0.6) is 5.75 Å². The van der Waals surface area contributed by atoms with Gasteiger partial charge in [-0.3, -0.25) is 9.78 Å². The molecular formula is C24H30N4O4. The summed E-state index contributed by atoms with van der Waals surface area (Å²) < 4.78 is 11.3. The fourth-order valence-corrected chi connectivity index (χ4v) is 3.11. The van der Waals surface area contributed by atoms with Crippen molar-refractivity contribution in [1.82, 2.24) is 20.2 Å². The van der Waals surface area contributed by atoms with Crippen LogP contribution in [0.25, 0.3) is 11.3 Å². The molecule has 170 valence electrons. The SMILES string of the molecule is Cc1ccc([C@H](O)CNCCOc2ccc(-c3coc(C(C)C(=O)N(C)C)n3)cc2)cn1. The summed E-state index contributed by atoms with van der Waals surface area (Å²) in [6, 6.07) is 11.3. The number of hydrogen-bond donors (Lipinski definition) is 2. The number of carbonyl (C=O) groups excluding carboxylic acids is 1. The summed E-state index contributed by atoms with van der Waals surface area (Å²) in [6.45, 7) is 5.19. The molecular weight excluding hydrogens is 408 g/mol. The molecule has 0 saturated carbocycles. The molecule has 0 aliphatic carbocycles. The quantitative estimate of drug-likeness (QED) is 0.469. The third-order valence-corrected chi connectivity index (χ3v) is 5.06. The van der Waals surface area contributed by atoms with Gasteiger partial charge in [0, 0.05) is 50.2 Å². The number of nitrogens with zero attached hydrogens (tertiary/aromatic N) is 3. The lowest BCUT2D eigenvalue weighted by molar-refractivity contribution is -0.130. The number of benzene rings is 1. The monoisotopic (exact) mass is 438 g/mol. The molecule has 32 heavy (non-hydrogen) atoms. The molecule has 3 aromatic rings. The molecule has 0 radical (unpaired) electrons. The summed E-state index contributed by atoms with van der Waals surface area (Å²) in [6.07, 6.45) is 2.65. The molecule has 1 amide bonds. The number of aryl methyl sites for hydroxylation is 1. The van der Waals surface area contributed by atoms with E-state index in [2.05, 4.69) is 15.3 Å². The lowest BCUT2D eigenvalue weighted by Crippen LogP contribution is -2.26. The molecule has 3 rings (SSSR count). The maximum Gasteiger partial charge on any atom is 0.234 e. The number of likely N-dealkylation sites (N-methyl/N-ethyl adjacent to an activating group) is 1. The average molecular weight is 439 g/mol. The number of aliphatic hydroxyl groups excluding tert-OH is 1. The van der Waals surface area contributed by atoms with Crippen LogP contribution >= 0.6 is 0 Å². The second-order valence-corrected chi connectivity index (χ2v) is 7.85. The van der Waals surface area contributed by atoms with Crippen molar-refractivity contribution in [1.29, 1.82) is 0 Å². The van der Waals surface area contributed by atoms with Crippen molar-refractivity contribution >= 4 is 5.91 Å². The molecule has 1 aromatic carbocycles. The second-order valence-electron chi connectivity index (χ2n) is 7.85. The van der Waals surface area contributed by atoms with Gasteiger partial charge in [0.05, 0.1) is 6.10 Å². The number of carbonyl (C=O) groups is 1. The number of aromatic nitrogens is 2. The van der Waals surface area contributed by atoms with E-state index in [0.29, 0.717) is 31.3 Å². The lowest BCUT2D eigenvalue weighted by Gasteiger charge is -2.13. The van der Waals surface area contributed by atoms with Crippen LogP contribution in [0.15, 0.2) is 53.3 Å². The van der Waals surface area contributed by atoms with E-state index >= 15 is 0 Å². The third-order valence-electron chi connectivity index (χ3n) is 5.06. The number of ether oxygens (including phenoxy) is 1. The first kappa shape index (κ1) is 23.4. The number of hydrogen-bond acceptors (Lipinski definition) is 7. The molecule has 0 fully saturated rings. The number of amides is 1. The Kier molecular flexibility index (Phi) is 7.97. The van der Waals surface area contributed by atoms with Crippen molar-refractivity contribution in [2.24, 2.45) is 0 Å². The van der Waals surface area contributed by atoms with E-state index in [1.54, 1.807) is 33.5 Å². The summed E-state index contributed by atoms with van der Waals surface area (Å²) in [5.41, 5.74) is 3.26. The highest BCUT2D eigenvalue weighted by Gasteiger charge is 2.22. The van der Waals surface area contributed by atoms with Crippen LogP contribution in [0, 0.1) is 6.92 Å². The van der Waals surface area contributed by atoms with E-state index in [1.807, 2.05) is 43.3 Å². The smallest absolute Gasteiger partial charge is 0.234 e. The molecule has 0 aliphatic heterocycles. The van der Waals surface area contributed by atoms with E-state index < -0.39 is 12.0 Å². The zero-order valence-electron chi connectivity index (χ0n) is 18.9. The Morgan fingerprint density at radius 3 is 2.62 bits per heavy atom. The number of oxazole rings is 1. The summed E-state index contributed by atoms with van der Waals surface area (Å²) in [5, 5.41) is 13.4. The zero-order chi connectivity index (χ0) is 23.1. The minimum Gasteiger partial charge on any atom is -0.492 e. The van der Waals surface area contributed by atoms with Gasteiger partial charge in [-0.15, -0.1) is 0 Å². The maximum absolute atomic E-state index is 12.1. The molecule has 8 heteroatoms. The van der Waals surface area contributed by atoms with Crippen molar-refractivity contribution in [2.75, 3.05) is 33.8 Å². The molecule has 8 nitrogen and oxygen atoms in total. The molecule has 0 saturated heterocycles. The van der Waals surface area contributed by atoms with Gasteiger partial charge in [-0.25, -0.2) is 4.98 Å². The largest absolute Gasteiger partial charge is 0.492 e. The van der Waals surface area contributed by atoms with E-state index in [0.717, 1.165) is 22.6 Å². The van der Waals surface area contributed by atoms with Crippen LogP contribution in [-0.2, 0) is 4.79 Å². The highest BCUT2D eigenvalue weighted by molar-refractivity contribution is 5.81. The summed E-state index contributed by atoms with van der Waals surface area (Å²) in [7, 11) is 3.42. The van der Waals surface area contributed by atoms with Crippen molar-refractivity contribution in [3.05, 3.63) is 66.0 Å². The zero-order valence-corrected chi connectivity index (χ0v) is 18.9. The second kappa shape index (κ2) is 10.9. The molecule has 0 aliphatic rings. The number of aliphatic hydroxyl groups is 1. The van der Waals surface area contributed by atoms with Gasteiger partial charge in [-0.2, -0.15) is 0 Å². The van der Waals surface area contributed by atoms with Crippen molar-refractivity contribution in [3.63, 3.8) is 0 Å². The van der Waals surface area contributed by atoms with Crippen LogP contribution in [0.1, 0.15) is 36.1 Å². The van der Waals surface area contributed by atoms with Gasteiger partial charge in [0.15, 0.2) is 0 Å². The Balaban J connectivity index is 1.44.